The number of hydrogen-bond acceptors (Lipinski definition) is 3. The van der Waals surface area contributed by atoms with Gasteiger partial charge in [-0.15, -0.1) is 0 Å². The van der Waals surface area contributed by atoms with Crippen LogP contribution in [0.25, 0.3) is 0 Å². The number of esters is 1. The van der Waals surface area contributed by atoms with Gasteiger partial charge in [-0.3, -0.25) is 4.79 Å². The molecule has 4 heteroatoms. The third-order valence-corrected chi connectivity index (χ3v) is 3.03. The van der Waals surface area contributed by atoms with Crippen molar-refractivity contribution < 1.29 is 14.3 Å². The van der Waals surface area contributed by atoms with Crippen LogP contribution in [-0.4, -0.2) is 19.7 Å². The fourth-order valence-corrected chi connectivity index (χ4v) is 1.61. The summed E-state index contributed by atoms with van der Waals surface area (Å²) < 4.78 is 10.1. The molecule has 0 spiro atoms. The van der Waals surface area contributed by atoms with Crippen molar-refractivity contribution in [3.8, 4) is 5.75 Å². The number of ether oxygens (including phenoxy) is 2. The Morgan fingerprint density at radius 1 is 1.29 bits per heavy atom. The average Bonchev–Trinajstić information content (AvgIpc) is 2.31. The van der Waals surface area contributed by atoms with Gasteiger partial charge in [-0.25, -0.2) is 0 Å². The normalized spacial score (nSPS) is 10.1. The average molecular weight is 257 g/mol. The molecule has 0 aromatic heterocycles. The van der Waals surface area contributed by atoms with Gasteiger partial charge in [0, 0.05) is 11.4 Å². The number of halogens is 1. The molecule has 0 aliphatic carbocycles. The summed E-state index contributed by atoms with van der Waals surface area (Å²) in [5, 5.41) is 0.770. The first-order valence-electron chi connectivity index (χ1n) is 5.51. The predicted octanol–water partition coefficient (Wildman–Crippen LogP) is 3.29. The second-order valence-corrected chi connectivity index (χ2v) is 4.28. The van der Waals surface area contributed by atoms with Crippen molar-refractivity contribution in [2.45, 2.75) is 26.7 Å². The van der Waals surface area contributed by atoms with E-state index >= 15 is 0 Å². The van der Waals surface area contributed by atoms with Crippen LogP contribution in [0.15, 0.2) is 12.1 Å². The molecule has 1 rings (SSSR count). The monoisotopic (exact) mass is 256 g/mol. The van der Waals surface area contributed by atoms with Crippen molar-refractivity contribution in [1.29, 1.82) is 0 Å². The van der Waals surface area contributed by atoms with Crippen molar-refractivity contribution >= 4 is 17.6 Å². The molecule has 0 atom stereocenters. The first-order chi connectivity index (χ1) is 8.04. The molecule has 0 radical (unpaired) electrons. The maximum absolute atomic E-state index is 10.9. The molecule has 0 amide bonds. The zero-order valence-corrected chi connectivity index (χ0v) is 11.1. The van der Waals surface area contributed by atoms with Crippen LogP contribution in [0.2, 0.25) is 5.02 Å². The Kier molecular flexibility index (Phi) is 5.29. The zero-order valence-electron chi connectivity index (χ0n) is 10.4. The molecule has 17 heavy (non-hydrogen) atoms. The summed E-state index contributed by atoms with van der Waals surface area (Å²) in [5.41, 5.74) is 1.99. The summed E-state index contributed by atoms with van der Waals surface area (Å²) in [6.45, 7) is 4.38. The van der Waals surface area contributed by atoms with Crippen LogP contribution < -0.4 is 4.74 Å². The van der Waals surface area contributed by atoms with Crippen LogP contribution >= 0.6 is 11.6 Å². The van der Waals surface area contributed by atoms with Crippen molar-refractivity contribution in [2.75, 3.05) is 13.7 Å². The van der Waals surface area contributed by atoms with E-state index in [1.807, 2.05) is 26.0 Å². The maximum atomic E-state index is 10.9. The topological polar surface area (TPSA) is 35.5 Å². The van der Waals surface area contributed by atoms with Gasteiger partial charge >= 0.3 is 5.97 Å². The summed E-state index contributed by atoms with van der Waals surface area (Å²) in [7, 11) is 1.38. The number of carbonyl (C=O) groups excluding carboxylic acids is 1. The first-order valence-corrected chi connectivity index (χ1v) is 5.88. The van der Waals surface area contributed by atoms with E-state index in [0.717, 1.165) is 21.9 Å². The highest BCUT2D eigenvalue weighted by molar-refractivity contribution is 6.32. The van der Waals surface area contributed by atoms with Gasteiger partial charge in [0.15, 0.2) is 0 Å². The summed E-state index contributed by atoms with van der Waals surface area (Å²) in [6, 6.07) is 3.79. The number of rotatable bonds is 5. The van der Waals surface area contributed by atoms with Crippen LogP contribution in [0, 0.1) is 13.8 Å². The Hall–Kier alpha value is -1.22. The van der Waals surface area contributed by atoms with Crippen molar-refractivity contribution in [2.24, 2.45) is 0 Å². The number of methoxy groups -OCH3 is 1. The number of hydrogen-bond donors (Lipinski definition) is 0. The second-order valence-electron chi connectivity index (χ2n) is 3.90. The predicted molar refractivity (Wildman–Crippen MR) is 67.7 cm³/mol. The fourth-order valence-electron chi connectivity index (χ4n) is 1.50. The van der Waals surface area contributed by atoms with E-state index in [9.17, 15) is 4.79 Å². The maximum Gasteiger partial charge on any atom is 0.305 e. The number of aryl methyl sites for hydroxylation is 2. The van der Waals surface area contributed by atoms with Crippen molar-refractivity contribution in [3.05, 3.63) is 28.3 Å². The molecule has 0 aliphatic rings. The standard InChI is InChI=1S/C13H17ClO3/c1-9-7-11(8-10(2)13(9)14)17-6-4-5-12(15)16-3/h7-8H,4-6H2,1-3H3. The molecule has 0 heterocycles. The highest BCUT2D eigenvalue weighted by atomic mass is 35.5. The highest BCUT2D eigenvalue weighted by Gasteiger charge is 2.04. The Morgan fingerprint density at radius 2 is 1.88 bits per heavy atom. The number of benzene rings is 1. The molecule has 0 bridgehead atoms. The van der Waals surface area contributed by atoms with E-state index in [-0.39, 0.29) is 5.97 Å². The molecular weight excluding hydrogens is 240 g/mol. The van der Waals surface area contributed by atoms with Gasteiger partial charge in [-0.05, 0) is 43.5 Å². The lowest BCUT2D eigenvalue weighted by atomic mass is 10.1. The van der Waals surface area contributed by atoms with Crippen LogP contribution in [0.1, 0.15) is 24.0 Å². The van der Waals surface area contributed by atoms with Gasteiger partial charge in [0.1, 0.15) is 5.75 Å². The minimum atomic E-state index is -0.211. The molecule has 0 N–H and O–H groups in total. The van der Waals surface area contributed by atoms with E-state index in [0.29, 0.717) is 19.4 Å². The molecule has 1 aromatic rings. The lowest BCUT2D eigenvalue weighted by Crippen LogP contribution is -2.04. The summed E-state index contributed by atoms with van der Waals surface area (Å²) >= 11 is 6.05. The minimum absolute atomic E-state index is 0.211. The highest BCUT2D eigenvalue weighted by Crippen LogP contribution is 2.25. The van der Waals surface area contributed by atoms with Gasteiger partial charge in [0.25, 0.3) is 0 Å². The van der Waals surface area contributed by atoms with Gasteiger partial charge in [0.2, 0.25) is 0 Å². The second kappa shape index (κ2) is 6.50. The third kappa shape index (κ3) is 4.27. The molecule has 94 valence electrons. The lowest BCUT2D eigenvalue weighted by molar-refractivity contribution is -0.140. The fraction of sp³-hybridized carbons (Fsp3) is 0.462. The molecule has 3 nitrogen and oxygen atoms in total. The SMILES string of the molecule is COC(=O)CCCOc1cc(C)c(Cl)c(C)c1. The van der Waals surface area contributed by atoms with E-state index in [2.05, 4.69) is 4.74 Å². The minimum Gasteiger partial charge on any atom is -0.494 e. The van der Waals surface area contributed by atoms with Crippen LogP contribution in [0.3, 0.4) is 0 Å². The largest absolute Gasteiger partial charge is 0.494 e. The lowest BCUT2D eigenvalue weighted by Gasteiger charge is -2.09. The Morgan fingerprint density at radius 3 is 2.41 bits per heavy atom. The van der Waals surface area contributed by atoms with E-state index in [1.54, 1.807) is 0 Å². The van der Waals surface area contributed by atoms with Crippen LogP contribution in [0.5, 0.6) is 5.75 Å². The first kappa shape index (κ1) is 13.8. The Balaban J connectivity index is 2.45. The Bertz CT molecular complexity index is 379. The van der Waals surface area contributed by atoms with Gasteiger partial charge in [-0.2, -0.15) is 0 Å². The zero-order chi connectivity index (χ0) is 12.8. The molecule has 0 aliphatic heterocycles. The summed E-state index contributed by atoms with van der Waals surface area (Å²) in [6.07, 6.45) is 1.02. The molecule has 1 aromatic carbocycles. The summed E-state index contributed by atoms with van der Waals surface area (Å²) in [5.74, 6) is 0.575. The molecule has 0 fully saturated rings. The molecule has 0 saturated heterocycles. The molecule has 0 saturated carbocycles. The van der Waals surface area contributed by atoms with Crippen molar-refractivity contribution in [3.63, 3.8) is 0 Å². The van der Waals surface area contributed by atoms with Crippen LogP contribution in [0.4, 0.5) is 0 Å². The Labute approximate surface area is 107 Å². The van der Waals surface area contributed by atoms with Gasteiger partial charge < -0.3 is 9.47 Å². The van der Waals surface area contributed by atoms with Crippen LogP contribution in [-0.2, 0) is 9.53 Å². The van der Waals surface area contributed by atoms with Crippen molar-refractivity contribution in [1.82, 2.24) is 0 Å². The third-order valence-electron chi connectivity index (χ3n) is 2.43. The van der Waals surface area contributed by atoms with Gasteiger partial charge in [0.05, 0.1) is 13.7 Å². The van der Waals surface area contributed by atoms with E-state index in [1.165, 1.54) is 7.11 Å². The molecule has 0 unspecified atom stereocenters. The summed E-state index contributed by atoms with van der Waals surface area (Å²) in [4.78, 5) is 10.9. The number of carbonyl (C=O) groups is 1. The quantitative estimate of drug-likeness (QED) is 0.599. The smallest absolute Gasteiger partial charge is 0.305 e. The van der Waals surface area contributed by atoms with E-state index in [4.69, 9.17) is 16.3 Å². The van der Waals surface area contributed by atoms with Gasteiger partial charge in [-0.1, -0.05) is 11.6 Å². The van der Waals surface area contributed by atoms with E-state index < -0.39 is 0 Å². The molecular formula is C13H17ClO3.